The molecular weight excluding hydrogens is 322 g/mol. The Labute approximate surface area is 130 Å². The standard InChI is InChI=1S/C10H17N3O6S.H2O2/c11-5(10(18)19)1-2-7(14)13-6(4-20)9(17)12-3-8(15)16;1-2/h5-6,20H,1-4,11H2,(H,12,17)(H,13,14)(H,15,16)(H,18,19);1-2H. The number of carboxylic acids is 2. The molecule has 0 aromatic rings. The topological polar surface area (TPSA) is 199 Å². The van der Waals surface area contributed by atoms with Gasteiger partial charge in [0.25, 0.3) is 0 Å². The SMILES string of the molecule is NC(CCC(=O)NC(CS)C(=O)NCC(=O)O)C(=O)O.OO. The van der Waals surface area contributed by atoms with E-state index in [1.165, 1.54) is 0 Å². The summed E-state index contributed by atoms with van der Waals surface area (Å²) >= 11 is 3.87. The summed E-state index contributed by atoms with van der Waals surface area (Å²) in [7, 11) is 0. The van der Waals surface area contributed by atoms with Crippen molar-refractivity contribution in [1.82, 2.24) is 10.6 Å². The van der Waals surface area contributed by atoms with Crippen LogP contribution in [0, 0.1) is 0 Å². The Morgan fingerprint density at radius 2 is 1.68 bits per heavy atom. The highest BCUT2D eigenvalue weighted by atomic mass is 32.1. The van der Waals surface area contributed by atoms with Gasteiger partial charge in [0, 0.05) is 12.2 Å². The first-order valence-corrected chi connectivity index (χ1v) is 6.49. The van der Waals surface area contributed by atoms with Gasteiger partial charge in [-0.15, -0.1) is 0 Å². The van der Waals surface area contributed by atoms with E-state index in [0.717, 1.165) is 0 Å². The molecule has 0 bridgehead atoms. The first kappa shape index (κ1) is 22.4. The van der Waals surface area contributed by atoms with Gasteiger partial charge in [-0.2, -0.15) is 12.6 Å². The summed E-state index contributed by atoms with van der Waals surface area (Å²) in [6, 6.07) is -2.15. The summed E-state index contributed by atoms with van der Waals surface area (Å²) < 4.78 is 0. The van der Waals surface area contributed by atoms with Crippen LogP contribution < -0.4 is 16.4 Å². The summed E-state index contributed by atoms with van der Waals surface area (Å²) in [6.45, 7) is -0.567. The third-order valence-electron chi connectivity index (χ3n) is 2.25. The molecule has 0 aliphatic carbocycles. The number of thiol groups is 1. The second kappa shape index (κ2) is 12.8. The van der Waals surface area contributed by atoms with Crippen LogP contribution >= 0.6 is 12.6 Å². The van der Waals surface area contributed by atoms with E-state index < -0.39 is 42.4 Å². The molecule has 0 radical (unpaired) electrons. The van der Waals surface area contributed by atoms with E-state index in [2.05, 4.69) is 23.3 Å². The van der Waals surface area contributed by atoms with Gasteiger partial charge >= 0.3 is 11.9 Å². The number of amides is 2. The van der Waals surface area contributed by atoms with Crippen molar-refractivity contribution in [2.45, 2.75) is 24.9 Å². The molecule has 11 nitrogen and oxygen atoms in total. The maximum Gasteiger partial charge on any atom is 0.322 e. The number of nitrogens with one attached hydrogen (secondary N) is 2. The average Bonchev–Trinajstić information content (AvgIpc) is 2.49. The third-order valence-corrected chi connectivity index (χ3v) is 2.61. The Morgan fingerprint density at radius 3 is 2.09 bits per heavy atom. The molecule has 0 aliphatic heterocycles. The molecule has 2 atom stereocenters. The fourth-order valence-electron chi connectivity index (χ4n) is 1.16. The molecule has 0 saturated heterocycles. The highest BCUT2D eigenvalue weighted by molar-refractivity contribution is 7.80. The minimum atomic E-state index is -1.22. The van der Waals surface area contributed by atoms with Gasteiger partial charge < -0.3 is 26.6 Å². The highest BCUT2D eigenvalue weighted by Gasteiger charge is 2.20. The van der Waals surface area contributed by atoms with Crippen LogP contribution in [0.3, 0.4) is 0 Å². The zero-order valence-corrected chi connectivity index (χ0v) is 12.3. The van der Waals surface area contributed by atoms with Gasteiger partial charge in [0.05, 0.1) is 0 Å². The van der Waals surface area contributed by atoms with Gasteiger partial charge in [-0.1, -0.05) is 0 Å². The van der Waals surface area contributed by atoms with Crippen LogP contribution in [0.4, 0.5) is 0 Å². The largest absolute Gasteiger partial charge is 0.480 e. The number of rotatable bonds is 9. The van der Waals surface area contributed by atoms with Crippen LogP contribution in [-0.2, 0) is 19.2 Å². The van der Waals surface area contributed by atoms with E-state index in [1.807, 2.05) is 0 Å². The minimum Gasteiger partial charge on any atom is -0.480 e. The van der Waals surface area contributed by atoms with Gasteiger partial charge in [-0.05, 0) is 6.42 Å². The normalized spacial score (nSPS) is 12.2. The molecule has 0 aliphatic rings. The Balaban J connectivity index is 0. The third kappa shape index (κ3) is 10.8. The zero-order chi connectivity index (χ0) is 17.7. The van der Waals surface area contributed by atoms with Crippen molar-refractivity contribution < 1.29 is 39.9 Å². The second-order valence-corrected chi connectivity index (χ2v) is 4.26. The smallest absolute Gasteiger partial charge is 0.322 e. The molecule has 22 heavy (non-hydrogen) atoms. The van der Waals surface area contributed by atoms with E-state index in [9.17, 15) is 19.2 Å². The summed E-state index contributed by atoms with van der Waals surface area (Å²) in [5.41, 5.74) is 5.23. The van der Waals surface area contributed by atoms with Crippen LogP contribution in [0.2, 0.25) is 0 Å². The Hall–Kier alpha value is -1.89. The molecule has 8 N–H and O–H groups in total. The molecule has 0 heterocycles. The number of nitrogens with two attached hydrogens (primary N) is 1. The quantitative estimate of drug-likeness (QED) is 0.130. The predicted octanol–water partition coefficient (Wildman–Crippen LogP) is -2.19. The van der Waals surface area contributed by atoms with E-state index in [1.54, 1.807) is 0 Å². The first-order valence-electron chi connectivity index (χ1n) is 5.86. The monoisotopic (exact) mass is 341 g/mol. The van der Waals surface area contributed by atoms with Gasteiger partial charge in [-0.25, -0.2) is 0 Å². The zero-order valence-electron chi connectivity index (χ0n) is 11.4. The summed E-state index contributed by atoms with van der Waals surface area (Å²) in [5, 5.41) is 33.4. The van der Waals surface area contributed by atoms with Crippen molar-refractivity contribution in [3.8, 4) is 0 Å². The lowest BCUT2D eigenvalue weighted by atomic mass is 10.1. The van der Waals surface area contributed by atoms with Crippen molar-refractivity contribution in [2.75, 3.05) is 12.3 Å². The van der Waals surface area contributed by atoms with E-state index in [0.29, 0.717) is 0 Å². The Kier molecular flexibility index (Phi) is 13.0. The van der Waals surface area contributed by atoms with Crippen molar-refractivity contribution >= 4 is 36.4 Å². The molecule has 2 amide bonds. The van der Waals surface area contributed by atoms with E-state index >= 15 is 0 Å². The number of carboxylic acid groups (broad SMARTS) is 2. The van der Waals surface area contributed by atoms with Crippen molar-refractivity contribution in [3.05, 3.63) is 0 Å². The fraction of sp³-hybridized carbons (Fsp3) is 0.600. The second-order valence-electron chi connectivity index (χ2n) is 3.90. The van der Waals surface area contributed by atoms with Crippen LogP contribution in [0.25, 0.3) is 0 Å². The highest BCUT2D eigenvalue weighted by Crippen LogP contribution is 1.97. The molecule has 0 aromatic carbocycles. The van der Waals surface area contributed by atoms with Crippen LogP contribution in [0.1, 0.15) is 12.8 Å². The Bertz CT molecular complexity index is 392. The fourth-order valence-corrected chi connectivity index (χ4v) is 1.41. The van der Waals surface area contributed by atoms with Crippen LogP contribution in [-0.4, -0.2) is 68.9 Å². The van der Waals surface area contributed by atoms with E-state index in [4.69, 9.17) is 26.5 Å². The van der Waals surface area contributed by atoms with Crippen molar-refractivity contribution in [3.63, 3.8) is 0 Å². The van der Waals surface area contributed by atoms with Crippen LogP contribution in [0.15, 0.2) is 0 Å². The minimum absolute atomic E-state index is 0.0256. The number of aliphatic carboxylic acids is 2. The molecule has 0 spiro atoms. The van der Waals surface area contributed by atoms with E-state index in [-0.39, 0.29) is 18.6 Å². The number of hydrogen-bond acceptors (Lipinski definition) is 8. The van der Waals surface area contributed by atoms with Gasteiger partial charge in [0.15, 0.2) is 0 Å². The molecule has 0 fully saturated rings. The number of hydrogen-bond donors (Lipinski definition) is 8. The van der Waals surface area contributed by atoms with Gasteiger partial charge in [0.1, 0.15) is 18.6 Å². The van der Waals surface area contributed by atoms with Gasteiger partial charge in [-0.3, -0.25) is 29.7 Å². The maximum atomic E-state index is 11.5. The molecule has 0 rings (SSSR count). The summed E-state index contributed by atoms with van der Waals surface area (Å²) in [5.74, 6) is -3.70. The molecule has 12 heteroatoms. The average molecular weight is 341 g/mol. The Morgan fingerprint density at radius 1 is 1.14 bits per heavy atom. The first-order chi connectivity index (χ1) is 10.3. The molecule has 0 saturated carbocycles. The molecule has 2 unspecified atom stereocenters. The molecular formula is C10H19N3O8S. The molecule has 128 valence electrons. The lowest BCUT2D eigenvalue weighted by molar-refractivity contribution is -0.176. The van der Waals surface area contributed by atoms with Crippen LogP contribution in [0.5, 0.6) is 0 Å². The number of carbonyl (C=O) groups is 4. The lowest BCUT2D eigenvalue weighted by Gasteiger charge is -2.16. The molecule has 0 aromatic heterocycles. The summed E-state index contributed by atoms with van der Waals surface area (Å²) in [6.07, 6.45) is -0.235. The van der Waals surface area contributed by atoms with Crippen molar-refractivity contribution in [2.24, 2.45) is 5.73 Å². The summed E-state index contributed by atoms with van der Waals surface area (Å²) in [4.78, 5) is 43.7. The number of carbonyl (C=O) groups excluding carboxylic acids is 2. The predicted molar refractivity (Wildman–Crippen MR) is 76.5 cm³/mol. The lowest BCUT2D eigenvalue weighted by Crippen LogP contribution is -2.49. The maximum absolute atomic E-state index is 11.5. The van der Waals surface area contributed by atoms with Gasteiger partial charge in [0.2, 0.25) is 11.8 Å². The van der Waals surface area contributed by atoms with Crippen molar-refractivity contribution in [1.29, 1.82) is 0 Å².